The number of ether oxygens (including phenoxy) is 1. The number of hydrazine groups is 1. The van der Waals surface area contributed by atoms with Crippen LogP contribution in [-0.2, 0) is 12.7 Å². The van der Waals surface area contributed by atoms with Crippen molar-refractivity contribution in [1.82, 2.24) is 15.2 Å². The Bertz CT molecular complexity index is 1420. The maximum atomic E-state index is 13.8. The highest BCUT2D eigenvalue weighted by Crippen LogP contribution is 2.35. The minimum atomic E-state index is -4.57. The van der Waals surface area contributed by atoms with Crippen LogP contribution in [0.15, 0.2) is 55.0 Å². The molecular weight excluding hydrogens is 533 g/mol. The summed E-state index contributed by atoms with van der Waals surface area (Å²) < 4.78 is 46.7. The van der Waals surface area contributed by atoms with Gasteiger partial charge in [0.2, 0.25) is 0 Å². The van der Waals surface area contributed by atoms with Crippen LogP contribution in [0, 0.1) is 13.8 Å². The van der Waals surface area contributed by atoms with Crippen molar-refractivity contribution in [3.63, 3.8) is 0 Å². The van der Waals surface area contributed by atoms with Crippen LogP contribution in [0.25, 0.3) is 5.70 Å². The number of nitrogens with two attached hydrogens (primary N) is 1. The highest BCUT2D eigenvalue weighted by molar-refractivity contribution is 6.05. The molecule has 0 atom stereocenters. The minimum Gasteiger partial charge on any atom is -0.495 e. The molecule has 3 rings (SSSR count). The number of nitrogens with one attached hydrogen (secondary N) is 2. The van der Waals surface area contributed by atoms with Crippen molar-refractivity contribution in [2.75, 3.05) is 31.5 Å². The second kappa shape index (κ2) is 13.0. The van der Waals surface area contributed by atoms with Gasteiger partial charge in [0, 0.05) is 55.9 Å². The molecule has 0 aliphatic carbocycles. The average molecular weight is 571 g/mol. The number of pyridine rings is 1. The van der Waals surface area contributed by atoms with Crippen LogP contribution in [-0.4, -0.2) is 43.0 Å². The van der Waals surface area contributed by atoms with Gasteiger partial charge in [-0.2, -0.15) is 13.2 Å². The Morgan fingerprint density at radius 1 is 1.10 bits per heavy atom. The standard InChI is InChI=1S/C30H37F3N6O2/c1-18(2)36-15-22-10-24(13-26(20(22)4)30(31,32)33)37-29(40)21-9-8-19(3)27(12-21)39(34)17-28(38(5)6)23-11-25(41-7)16-35-14-23/h8-14,16-18,36H,15,34H2,1-7H3,(H,37,40)/b28-17-. The molecule has 0 fully saturated rings. The number of carbonyl (C=O) groups excluding carboxylic acids is 1. The van der Waals surface area contributed by atoms with Crippen molar-refractivity contribution in [2.45, 2.75) is 46.5 Å². The molecule has 3 aromatic rings. The van der Waals surface area contributed by atoms with Crippen LogP contribution in [0.2, 0.25) is 0 Å². The topological polar surface area (TPSA) is 95.7 Å². The van der Waals surface area contributed by atoms with E-state index in [9.17, 15) is 18.0 Å². The largest absolute Gasteiger partial charge is 0.495 e. The van der Waals surface area contributed by atoms with Gasteiger partial charge in [0.1, 0.15) is 5.75 Å². The van der Waals surface area contributed by atoms with Gasteiger partial charge in [0.05, 0.1) is 30.3 Å². The molecule has 0 spiro atoms. The summed E-state index contributed by atoms with van der Waals surface area (Å²) in [6, 6.07) is 9.36. The Morgan fingerprint density at radius 3 is 2.41 bits per heavy atom. The van der Waals surface area contributed by atoms with Gasteiger partial charge < -0.3 is 20.3 Å². The zero-order valence-electron chi connectivity index (χ0n) is 24.3. The lowest BCUT2D eigenvalue weighted by Crippen LogP contribution is -2.28. The Balaban J connectivity index is 1.95. The number of alkyl halides is 3. The SMILES string of the molecule is COc1cncc(/C(=C/N(N)c2cc(C(=O)Nc3cc(CNC(C)C)c(C)c(C(F)(F)F)c3)ccc2C)N(C)C)c1. The van der Waals surface area contributed by atoms with E-state index in [-0.39, 0.29) is 29.4 Å². The summed E-state index contributed by atoms with van der Waals surface area (Å²) in [4.78, 5) is 19.3. The molecule has 1 amide bonds. The van der Waals surface area contributed by atoms with Gasteiger partial charge in [0.15, 0.2) is 0 Å². The maximum Gasteiger partial charge on any atom is 0.416 e. The number of hydrogen-bond donors (Lipinski definition) is 3. The number of benzene rings is 2. The van der Waals surface area contributed by atoms with Crippen LogP contribution in [0.1, 0.15) is 52.0 Å². The molecule has 8 nitrogen and oxygen atoms in total. The second-order valence-corrected chi connectivity index (χ2v) is 10.2. The number of hydrogen-bond acceptors (Lipinski definition) is 7. The monoisotopic (exact) mass is 570 g/mol. The second-order valence-electron chi connectivity index (χ2n) is 10.2. The third kappa shape index (κ3) is 7.99. The van der Waals surface area contributed by atoms with Gasteiger partial charge >= 0.3 is 6.18 Å². The fraction of sp³-hybridized carbons (Fsp3) is 0.333. The van der Waals surface area contributed by atoms with E-state index in [4.69, 9.17) is 10.6 Å². The van der Waals surface area contributed by atoms with Crippen LogP contribution in [0.3, 0.4) is 0 Å². The van der Waals surface area contributed by atoms with E-state index in [1.165, 1.54) is 11.9 Å². The molecule has 4 N–H and O–H groups in total. The molecule has 220 valence electrons. The van der Waals surface area contributed by atoms with Crippen molar-refractivity contribution in [1.29, 1.82) is 0 Å². The summed E-state index contributed by atoms with van der Waals surface area (Å²) in [5.41, 5.74) is 2.90. The number of halogens is 3. The lowest BCUT2D eigenvalue weighted by molar-refractivity contribution is -0.138. The van der Waals surface area contributed by atoms with Gasteiger partial charge in [-0.05, 0) is 60.9 Å². The molecule has 0 unspecified atom stereocenters. The molecule has 1 heterocycles. The van der Waals surface area contributed by atoms with Crippen LogP contribution in [0.5, 0.6) is 5.75 Å². The molecule has 0 aliphatic rings. The molecular formula is C30H37F3N6O2. The number of methoxy groups -OCH3 is 1. The first kappa shape index (κ1) is 31.4. The molecule has 41 heavy (non-hydrogen) atoms. The quantitative estimate of drug-likeness (QED) is 0.212. The van der Waals surface area contributed by atoms with Crippen LogP contribution in [0.4, 0.5) is 24.5 Å². The number of aryl methyl sites for hydroxylation is 1. The summed E-state index contributed by atoms with van der Waals surface area (Å²) in [6.07, 6.45) is 0.409. The molecule has 0 saturated heterocycles. The lowest BCUT2D eigenvalue weighted by atomic mass is 10.00. The molecule has 0 saturated carbocycles. The molecule has 11 heteroatoms. The molecule has 0 bridgehead atoms. The molecule has 1 aromatic heterocycles. The minimum absolute atomic E-state index is 0.0560. The van der Waals surface area contributed by atoms with E-state index < -0.39 is 17.6 Å². The Morgan fingerprint density at radius 2 is 1.80 bits per heavy atom. The zero-order chi connectivity index (χ0) is 30.5. The predicted octanol–water partition coefficient (Wildman–Crippen LogP) is 5.72. The summed E-state index contributed by atoms with van der Waals surface area (Å²) in [5.74, 6) is 6.46. The van der Waals surface area contributed by atoms with Crippen LogP contribution >= 0.6 is 0 Å². The number of anilines is 2. The lowest BCUT2D eigenvalue weighted by Gasteiger charge is -2.23. The van der Waals surface area contributed by atoms with Crippen molar-refractivity contribution in [3.8, 4) is 5.75 Å². The number of amides is 1. The molecule has 2 aromatic carbocycles. The van der Waals surface area contributed by atoms with Crippen molar-refractivity contribution in [3.05, 3.63) is 88.4 Å². The first-order chi connectivity index (χ1) is 19.2. The summed E-state index contributed by atoms with van der Waals surface area (Å²) in [7, 11) is 5.27. The Kier molecular flexibility index (Phi) is 10.0. The first-order valence-corrected chi connectivity index (χ1v) is 13.0. The normalized spacial score (nSPS) is 12.0. The smallest absolute Gasteiger partial charge is 0.416 e. The molecule has 0 radical (unpaired) electrons. The van der Waals surface area contributed by atoms with Crippen molar-refractivity contribution >= 4 is 23.0 Å². The van der Waals surface area contributed by atoms with Gasteiger partial charge in [-0.25, -0.2) is 5.84 Å². The number of aromatic nitrogens is 1. The maximum absolute atomic E-state index is 13.8. The average Bonchev–Trinajstić information content (AvgIpc) is 2.90. The third-order valence-corrected chi connectivity index (χ3v) is 6.52. The summed E-state index contributed by atoms with van der Waals surface area (Å²) >= 11 is 0. The highest BCUT2D eigenvalue weighted by Gasteiger charge is 2.34. The Hall–Kier alpha value is -4.09. The highest BCUT2D eigenvalue weighted by atomic mass is 19.4. The van der Waals surface area contributed by atoms with Crippen LogP contribution < -0.4 is 26.2 Å². The first-order valence-electron chi connectivity index (χ1n) is 13.0. The van der Waals surface area contributed by atoms with Crippen molar-refractivity contribution in [2.24, 2.45) is 5.84 Å². The number of rotatable bonds is 10. The predicted molar refractivity (Wildman–Crippen MR) is 156 cm³/mol. The summed E-state index contributed by atoms with van der Waals surface area (Å²) in [6.45, 7) is 7.33. The van der Waals surface area contributed by atoms with E-state index in [1.54, 1.807) is 50.0 Å². The van der Waals surface area contributed by atoms with E-state index in [2.05, 4.69) is 15.6 Å². The number of carbonyl (C=O) groups is 1. The number of nitrogens with zero attached hydrogens (tertiary/aromatic N) is 3. The molecule has 0 aliphatic heterocycles. The van der Waals surface area contributed by atoms with Gasteiger partial charge in [0.25, 0.3) is 5.91 Å². The fourth-order valence-corrected chi connectivity index (χ4v) is 4.19. The van der Waals surface area contributed by atoms with E-state index >= 15 is 0 Å². The van der Waals surface area contributed by atoms with Crippen molar-refractivity contribution < 1.29 is 22.7 Å². The van der Waals surface area contributed by atoms with Gasteiger partial charge in [-0.1, -0.05) is 19.9 Å². The van der Waals surface area contributed by atoms with E-state index in [1.807, 2.05) is 45.8 Å². The van der Waals surface area contributed by atoms with E-state index in [0.29, 0.717) is 17.0 Å². The summed E-state index contributed by atoms with van der Waals surface area (Å²) in [5, 5.41) is 7.17. The zero-order valence-corrected chi connectivity index (χ0v) is 24.3. The fourth-order valence-electron chi connectivity index (χ4n) is 4.19. The van der Waals surface area contributed by atoms with Gasteiger partial charge in [-0.15, -0.1) is 0 Å². The van der Waals surface area contributed by atoms with Gasteiger partial charge in [-0.3, -0.25) is 14.8 Å². The third-order valence-electron chi connectivity index (χ3n) is 6.52. The van der Waals surface area contributed by atoms with E-state index in [0.717, 1.165) is 22.9 Å². The Labute approximate surface area is 239 Å².